The van der Waals surface area contributed by atoms with Gasteiger partial charge in [-0.3, -0.25) is 14.4 Å². The van der Waals surface area contributed by atoms with E-state index < -0.39 is 12.1 Å². The van der Waals surface area contributed by atoms with Gasteiger partial charge in [0.25, 0.3) is 5.91 Å². The van der Waals surface area contributed by atoms with Gasteiger partial charge in [-0.2, -0.15) is 0 Å². The molecule has 0 bridgehead atoms. The van der Waals surface area contributed by atoms with Crippen molar-refractivity contribution in [2.24, 2.45) is 23.2 Å². The van der Waals surface area contributed by atoms with Crippen LogP contribution in [0, 0.1) is 35.5 Å². The minimum atomic E-state index is -0.603. The second-order valence-electron chi connectivity index (χ2n) is 10.2. The molecule has 34 heavy (non-hydrogen) atoms. The molecule has 3 fully saturated rings. The summed E-state index contributed by atoms with van der Waals surface area (Å²) in [7, 11) is 1.59. The first-order valence-corrected chi connectivity index (χ1v) is 11.8. The lowest BCUT2D eigenvalue weighted by Crippen LogP contribution is -2.52. The minimum Gasteiger partial charge on any atom is -0.496 e. The molecular formula is C26H30N4O4. The molecule has 3 aliphatic rings. The Hall–Kier alpha value is -3.47. The number of methoxy groups -OCH3 is 1. The van der Waals surface area contributed by atoms with Crippen LogP contribution in [0.25, 0.3) is 10.9 Å². The molecule has 1 saturated carbocycles. The lowest BCUT2D eigenvalue weighted by atomic mass is 9.97. The molecule has 5 rings (SSSR count). The number of fused-ring (bicyclic) bond motifs is 2. The topological polar surface area (TPSA) is 104 Å². The van der Waals surface area contributed by atoms with Crippen molar-refractivity contribution < 1.29 is 19.1 Å². The van der Waals surface area contributed by atoms with E-state index in [2.05, 4.69) is 35.4 Å². The zero-order valence-corrected chi connectivity index (χ0v) is 19.7. The van der Waals surface area contributed by atoms with Crippen LogP contribution < -0.4 is 15.4 Å². The highest BCUT2D eigenvalue weighted by molar-refractivity contribution is 6.02. The number of hydrogen-bond donors (Lipinski definition) is 3. The van der Waals surface area contributed by atoms with Gasteiger partial charge in [0.1, 0.15) is 17.5 Å². The number of piperidine rings is 1. The summed E-state index contributed by atoms with van der Waals surface area (Å²) in [6.07, 6.45) is 6.81. The number of rotatable bonds is 6. The van der Waals surface area contributed by atoms with Crippen molar-refractivity contribution in [2.75, 3.05) is 20.2 Å². The lowest BCUT2D eigenvalue weighted by Gasteiger charge is -2.30. The van der Waals surface area contributed by atoms with Crippen LogP contribution >= 0.6 is 0 Å². The average Bonchev–Trinajstić information content (AvgIpc) is 3.33. The van der Waals surface area contributed by atoms with Gasteiger partial charge in [-0.25, -0.2) is 0 Å². The maximum atomic E-state index is 13.6. The van der Waals surface area contributed by atoms with Gasteiger partial charge < -0.3 is 25.3 Å². The fourth-order valence-electron chi connectivity index (χ4n) is 5.95. The molecule has 1 aromatic carbocycles. The number of H-pyrrole nitrogens is 1. The molecule has 0 radical (unpaired) electrons. The Bertz CT molecular complexity index is 1210. The Kier molecular flexibility index (Phi) is 5.31. The van der Waals surface area contributed by atoms with Crippen LogP contribution in [0.3, 0.4) is 0 Å². The van der Waals surface area contributed by atoms with Crippen molar-refractivity contribution in [2.45, 2.75) is 38.8 Å². The quantitative estimate of drug-likeness (QED) is 0.571. The molecule has 2 aliphatic heterocycles. The highest BCUT2D eigenvalue weighted by Gasteiger charge is 2.69. The Morgan fingerprint density at radius 1 is 1.38 bits per heavy atom. The molecule has 8 nitrogen and oxygen atoms in total. The molecule has 1 aliphatic carbocycles. The van der Waals surface area contributed by atoms with Gasteiger partial charge in [0.2, 0.25) is 11.8 Å². The summed E-state index contributed by atoms with van der Waals surface area (Å²) in [5, 5.41) is 6.58. The smallest absolute Gasteiger partial charge is 0.271 e. The van der Waals surface area contributed by atoms with Crippen LogP contribution in [-0.2, 0) is 9.59 Å². The first kappa shape index (κ1) is 22.3. The van der Waals surface area contributed by atoms with Crippen LogP contribution in [0.15, 0.2) is 24.3 Å². The molecule has 178 valence electrons. The summed E-state index contributed by atoms with van der Waals surface area (Å²) in [6, 6.07) is 6.22. The largest absolute Gasteiger partial charge is 0.496 e. The number of carbonyl (C=O) groups is 3. The van der Waals surface area contributed by atoms with E-state index in [1.54, 1.807) is 18.1 Å². The Morgan fingerprint density at radius 3 is 2.85 bits per heavy atom. The number of aromatic amines is 1. The second-order valence-corrected chi connectivity index (χ2v) is 10.2. The van der Waals surface area contributed by atoms with E-state index >= 15 is 0 Å². The molecule has 5 unspecified atom stereocenters. The van der Waals surface area contributed by atoms with Gasteiger partial charge in [-0.1, -0.05) is 25.8 Å². The van der Waals surface area contributed by atoms with Gasteiger partial charge in [0, 0.05) is 29.9 Å². The van der Waals surface area contributed by atoms with Crippen molar-refractivity contribution in [3.8, 4) is 18.1 Å². The van der Waals surface area contributed by atoms with Gasteiger partial charge in [0.05, 0.1) is 13.2 Å². The Labute approximate surface area is 198 Å². The maximum Gasteiger partial charge on any atom is 0.271 e. The van der Waals surface area contributed by atoms with Crippen LogP contribution in [0.2, 0.25) is 0 Å². The molecule has 3 amide bonds. The number of benzene rings is 1. The molecule has 5 atom stereocenters. The average molecular weight is 463 g/mol. The number of ether oxygens (including phenoxy) is 1. The van der Waals surface area contributed by atoms with Crippen LogP contribution in [0.4, 0.5) is 0 Å². The molecule has 2 saturated heterocycles. The van der Waals surface area contributed by atoms with Crippen molar-refractivity contribution in [3.63, 3.8) is 0 Å². The van der Waals surface area contributed by atoms with Crippen LogP contribution in [0.5, 0.6) is 5.75 Å². The molecular weight excluding hydrogens is 432 g/mol. The van der Waals surface area contributed by atoms with Gasteiger partial charge in [-0.15, -0.1) is 6.42 Å². The molecule has 3 heterocycles. The fraction of sp³-hybridized carbons (Fsp3) is 0.500. The number of aromatic nitrogens is 1. The van der Waals surface area contributed by atoms with E-state index in [1.165, 1.54) is 0 Å². The van der Waals surface area contributed by atoms with E-state index in [1.807, 2.05) is 18.2 Å². The molecule has 1 aromatic heterocycles. The van der Waals surface area contributed by atoms with E-state index in [9.17, 15) is 14.4 Å². The maximum absolute atomic E-state index is 13.6. The molecule has 3 N–H and O–H groups in total. The zero-order valence-electron chi connectivity index (χ0n) is 19.7. The van der Waals surface area contributed by atoms with Crippen LogP contribution in [-0.4, -0.2) is 59.9 Å². The number of amides is 3. The monoisotopic (exact) mass is 462 g/mol. The van der Waals surface area contributed by atoms with Crippen LogP contribution in [0.1, 0.15) is 37.2 Å². The highest BCUT2D eigenvalue weighted by Crippen LogP contribution is 2.65. The third-order valence-corrected chi connectivity index (χ3v) is 8.01. The number of hydrogen-bond acceptors (Lipinski definition) is 4. The summed E-state index contributed by atoms with van der Waals surface area (Å²) in [6.45, 7) is 5.43. The Morgan fingerprint density at radius 2 is 2.18 bits per heavy atom. The van der Waals surface area contributed by atoms with Gasteiger partial charge in [-0.05, 0) is 48.3 Å². The molecule has 0 spiro atoms. The molecule has 2 aromatic rings. The summed E-state index contributed by atoms with van der Waals surface area (Å²) in [5.41, 5.74) is 1.21. The SMILES string of the molecule is C#CC(CC1CCNC1=O)NC(=O)C1C2C(CN1C(=O)c1cc3c(OC)cccc3[nH]1)C2(C)C. The number of nitrogens with zero attached hydrogens (tertiary/aromatic N) is 1. The number of carbonyl (C=O) groups excluding carboxylic acids is 3. The molecule has 8 heteroatoms. The normalized spacial score (nSPS) is 27.6. The first-order valence-electron chi connectivity index (χ1n) is 11.8. The zero-order chi connectivity index (χ0) is 24.2. The first-order chi connectivity index (χ1) is 16.3. The van der Waals surface area contributed by atoms with Crippen molar-refractivity contribution >= 4 is 28.6 Å². The third-order valence-electron chi connectivity index (χ3n) is 8.01. The van der Waals surface area contributed by atoms with E-state index in [-0.39, 0.29) is 40.9 Å². The summed E-state index contributed by atoms with van der Waals surface area (Å²) in [5.74, 6) is 2.95. The summed E-state index contributed by atoms with van der Waals surface area (Å²) < 4.78 is 5.42. The predicted molar refractivity (Wildman–Crippen MR) is 127 cm³/mol. The fourth-order valence-corrected chi connectivity index (χ4v) is 5.95. The third kappa shape index (κ3) is 3.51. The van der Waals surface area contributed by atoms with E-state index in [4.69, 9.17) is 11.2 Å². The van der Waals surface area contributed by atoms with Crippen molar-refractivity contribution in [3.05, 3.63) is 30.0 Å². The van der Waals surface area contributed by atoms with Gasteiger partial charge in [0.15, 0.2) is 0 Å². The Balaban J connectivity index is 1.37. The minimum absolute atomic E-state index is 0.0145. The summed E-state index contributed by atoms with van der Waals surface area (Å²) >= 11 is 0. The standard InChI is InChI=1S/C26H30N4O4/c1-5-15(11-14-9-10-27-23(14)31)28-24(32)22-21-17(26(21,2)3)13-30(22)25(33)19-12-16-18(29-19)7-6-8-20(16)34-4/h1,6-8,12,14-15,17,21-22,29H,9-11,13H2,2-4H3,(H,27,31)(H,28,32). The van der Waals surface area contributed by atoms with Crippen molar-refractivity contribution in [1.82, 2.24) is 20.5 Å². The highest BCUT2D eigenvalue weighted by atomic mass is 16.5. The number of nitrogens with one attached hydrogen (secondary N) is 3. The number of likely N-dealkylation sites (tertiary alicyclic amines) is 1. The second kappa shape index (κ2) is 8.08. The van der Waals surface area contributed by atoms with Crippen molar-refractivity contribution in [1.29, 1.82) is 0 Å². The predicted octanol–water partition coefficient (Wildman–Crippen LogP) is 1.92. The lowest BCUT2D eigenvalue weighted by molar-refractivity contribution is -0.127. The van der Waals surface area contributed by atoms with E-state index in [0.717, 1.165) is 10.9 Å². The van der Waals surface area contributed by atoms with Gasteiger partial charge >= 0.3 is 0 Å². The van der Waals surface area contributed by atoms with E-state index in [0.29, 0.717) is 37.4 Å². The summed E-state index contributed by atoms with van der Waals surface area (Å²) in [4.78, 5) is 43.9. The number of terminal acetylenes is 1.